The quantitative estimate of drug-likeness (QED) is 0.160. The zero-order valence-electron chi connectivity index (χ0n) is 46.0. The van der Waals surface area contributed by atoms with Crippen molar-refractivity contribution in [1.29, 1.82) is 0 Å². The van der Waals surface area contributed by atoms with E-state index in [1.807, 2.05) is 24.3 Å². The van der Waals surface area contributed by atoms with Crippen LogP contribution in [0.3, 0.4) is 0 Å². The van der Waals surface area contributed by atoms with Crippen molar-refractivity contribution in [2.75, 3.05) is 4.90 Å². The summed E-state index contributed by atoms with van der Waals surface area (Å²) in [4.78, 5) is 2.47. The molecule has 0 spiro atoms. The van der Waals surface area contributed by atoms with Crippen LogP contribution in [0.25, 0.3) is 127 Å². The van der Waals surface area contributed by atoms with Gasteiger partial charge in [-0.15, -0.1) is 0 Å². The van der Waals surface area contributed by atoms with Crippen molar-refractivity contribution < 1.29 is 8.83 Å². The van der Waals surface area contributed by atoms with Crippen LogP contribution in [0.5, 0.6) is 0 Å². The summed E-state index contributed by atoms with van der Waals surface area (Å²) in [6.45, 7) is 9.57. The lowest BCUT2D eigenvalue weighted by atomic mass is 9.81. The zero-order chi connectivity index (χ0) is 54.6. The SMILES string of the molecule is CC1(C)c2cc(-c3ccc4oc5ccccc5c4c3)ccc2-c2ccc(N(c3ccc(-c4ccc(-n5c6ccccc6c6ccccc65)cc4)cc3)c3ccc4c(c3)C(C)(C)c3cc(-c5ccc6oc7ccccc7c6c5)ccc3-4)cc21. The van der Waals surface area contributed by atoms with Gasteiger partial charge in [0, 0.05) is 65.9 Å². The van der Waals surface area contributed by atoms with E-state index in [0.29, 0.717) is 0 Å². The van der Waals surface area contributed by atoms with Crippen LogP contribution in [-0.2, 0) is 10.8 Å². The molecule has 388 valence electrons. The van der Waals surface area contributed by atoms with E-state index >= 15 is 0 Å². The standard InChI is InChI=1S/C78H54N2O2/c1-77(2)67-43-51(49-27-39-75-65(41-49)63-15-7-11-19-73(63)81-75)25-35-57(67)59-37-33-55(45-69(59)77)79(53-29-21-47(22-30-53)48-23-31-54(32-24-48)80-71-17-9-5-13-61(71)62-14-6-10-18-72(62)80)56-34-38-60-58-36-26-52(44-68(58)78(3,4)70(60)46-56)50-28-40-76-66(42-50)64-16-8-12-20-74(64)82-76/h5-46H,1-4H3. The lowest BCUT2D eigenvalue weighted by Gasteiger charge is -2.30. The number of benzene rings is 12. The third-order valence-electron chi connectivity index (χ3n) is 18.4. The van der Waals surface area contributed by atoms with Crippen molar-refractivity contribution in [3.8, 4) is 61.3 Å². The number of anilines is 3. The van der Waals surface area contributed by atoms with Crippen molar-refractivity contribution in [2.45, 2.75) is 38.5 Å². The number of fused-ring (bicyclic) bond motifs is 15. The van der Waals surface area contributed by atoms with Gasteiger partial charge in [-0.1, -0.05) is 173 Å². The summed E-state index contributed by atoms with van der Waals surface area (Å²) >= 11 is 0. The van der Waals surface area contributed by atoms with Gasteiger partial charge >= 0.3 is 0 Å². The Bertz CT molecular complexity index is 4880. The van der Waals surface area contributed by atoms with E-state index in [-0.39, 0.29) is 10.8 Å². The Morgan fingerprint density at radius 2 is 0.622 bits per heavy atom. The number of hydrogen-bond acceptors (Lipinski definition) is 3. The average Bonchev–Trinajstić information content (AvgIpc) is 4.07. The van der Waals surface area contributed by atoms with Gasteiger partial charge in [0.15, 0.2) is 0 Å². The molecule has 12 aromatic carbocycles. The third kappa shape index (κ3) is 6.85. The van der Waals surface area contributed by atoms with Crippen molar-refractivity contribution in [2.24, 2.45) is 0 Å². The Hall–Kier alpha value is -10.2. The van der Waals surface area contributed by atoms with Crippen LogP contribution in [-0.4, -0.2) is 4.57 Å². The Balaban J connectivity index is 0.752. The highest BCUT2D eigenvalue weighted by atomic mass is 16.3. The first-order chi connectivity index (χ1) is 40.1. The largest absolute Gasteiger partial charge is 0.456 e. The van der Waals surface area contributed by atoms with Crippen LogP contribution >= 0.6 is 0 Å². The van der Waals surface area contributed by atoms with Crippen molar-refractivity contribution >= 4 is 82.7 Å². The van der Waals surface area contributed by atoms with Gasteiger partial charge in [-0.25, -0.2) is 0 Å². The number of rotatable bonds is 7. The van der Waals surface area contributed by atoms with Crippen LogP contribution in [0.1, 0.15) is 49.9 Å². The van der Waals surface area contributed by atoms with E-state index in [1.165, 1.54) is 99.7 Å². The molecule has 2 aliphatic rings. The Morgan fingerprint density at radius 3 is 1.10 bits per heavy atom. The summed E-state index contributed by atoms with van der Waals surface area (Å²) in [5.41, 5.74) is 27.6. The second kappa shape index (κ2) is 17.2. The summed E-state index contributed by atoms with van der Waals surface area (Å²) in [5, 5.41) is 7.10. The highest BCUT2D eigenvalue weighted by molar-refractivity contribution is 6.10. The minimum absolute atomic E-state index is 0.265. The normalized spacial score (nSPS) is 13.8. The highest BCUT2D eigenvalue weighted by Gasteiger charge is 2.39. The van der Waals surface area contributed by atoms with Gasteiger partial charge in [0.2, 0.25) is 0 Å². The molecule has 0 amide bonds. The topological polar surface area (TPSA) is 34.5 Å². The van der Waals surface area contributed by atoms with Crippen molar-refractivity contribution in [1.82, 2.24) is 4.57 Å². The summed E-state index contributed by atoms with van der Waals surface area (Å²) in [5.74, 6) is 0. The predicted molar refractivity (Wildman–Crippen MR) is 341 cm³/mol. The fourth-order valence-corrected chi connectivity index (χ4v) is 14.2. The number of para-hydroxylation sites is 4. The van der Waals surface area contributed by atoms with E-state index in [1.54, 1.807) is 0 Å². The fraction of sp³-hybridized carbons (Fsp3) is 0.0769. The summed E-state index contributed by atoms with van der Waals surface area (Å²) < 4.78 is 14.8. The number of aromatic nitrogens is 1. The summed E-state index contributed by atoms with van der Waals surface area (Å²) in [6.07, 6.45) is 0. The molecular weight excluding hydrogens is 997 g/mol. The molecule has 0 saturated heterocycles. The molecule has 0 atom stereocenters. The zero-order valence-corrected chi connectivity index (χ0v) is 46.0. The van der Waals surface area contributed by atoms with Gasteiger partial charge in [-0.05, 0) is 187 Å². The second-order valence-electron chi connectivity index (χ2n) is 23.6. The lowest BCUT2D eigenvalue weighted by Crippen LogP contribution is -2.18. The van der Waals surface area contributed by atoms with Gasteiger partial charge in [-0.2, -0.15) is 0 Å². The minimum Gasteiger partial charge on any atom is -0.456 e. The molecule has 0 fully saturated rings. The molecular formula is C78H54N2O2. The molecule has 82 heavy (non-hydrogen) atoms. The molecule has 4 heteroatoms. The Morgan fingerprint density at radius 1 is 0.280 bits per heavy atom. The molecule has 0 unspecified atom stereocenters. The van der Waals surface area contributed by atoms with Crippen LogP contribution in [0.4, 0.5) is 17.1 Å². The molecule has 3 aromatic heterocycles. The molecule has 15 aromatic rings. The van der Waals surface area contributed by atoms with Crippen molar-refractivity contribution in [3.05, 3.63) is 277 Å². The van der Waals surface area contributed by atoms with Crippen LogP contribution in [0.15, 0.2) is 264 Å². The maximum absolute atomic E-state index is 6.23. The first-order valence-corrected chi connectivity index (χ1v) is 28.5. The van der Waals surface area contributed by atoms with Crippen LogP contribution < -0.4 is 4.90 Å². The van der Waals surface area contributed by atoms with E-state index < -0.39 is 0 Å². The lowest BCUT2D eigenvalue weighted by molar-refractivity contribution is 0.660. The average molecular weight is 1050 g/mol. The molecule has 4 nitrogen and oxygen atoms in total. The molecule has 2 aliphatic carbocycles. The van der Waals surface area contributed by atoms with Crippen LogP contribution in [0.2, 0.25) is 0 Å². The molecule has 17 rings (SSSR count). The van der Waals surface area contributed by atoms with E-state index in [9.17, 15) is 0 Å². The van der Waals surface area contributed by atoms with E-state index in [0.717, 1.165) is 66.6 Å². The van der Waals surface area contributed by atoms with Gasteiger partial charge in [-0.3, -0.25) is 0 Å². The van der Waals surface area contributed by atoms with Crippen molar-refractivity contribution in [3.63, 3.8) is 0 Å². The van der Waals surface area contributed by atoms with E-state index in [4.69, 9.17) is 8.83 Å². The molecule has 0 bridgehead atoms. The predicted octanol–water partition coefficient (Wildman–Crippen LogP) is 21.7. The summed E-state index contributed by atoms with van der Waals surface area (Å²) in [6, 6.07) is 93.9. The Labute approximate surface area is 475 Å². The molecule has 0 aliphatic heterocycles. The smallest absolute Gasteiger partial charge is 0.135 e. The second-order valence-corrected chi connectivity index (χ2v) is 23.6. The molecule has 0 N–H and O–H groups in total. The molecule has 3 heterocycles. The summed E-state index contributed by atoms with van der Waals surface area (Å²) in [7, 11) is 0. The molecule has 0 saturated carbocycles. The molecule has 0 radical (unpaired) electrons. The fourth-order valence-electron chi connectivity index (χ4n) is 14.2. The monoisotopic (exact) mass is 1050 g/mol. The minimum atomic E-state index is -0.265. The number of furan rings is 2. The third-order valence-corrected chi connectivity index (χ3v) is 18.4. The number of nitrogens with zero attached hydrogens (tertiary/aromatic N) is 2. The van der Waals surface area contributed by atoms with Gasteiger partial charge in [0.05, 0.1) is 11.0 Å². The number of hydrogen-bond donors (Lipinski definition) is 0. The van der Waals surface area contributed by atoms with E-state index in [2.05, 4.69) is 268 Å². The first kappa shape index (κ1) is 46.7. The van der Waals surface area contributed by atoms with Crippen LogP contribution in [0, 0.1) is 0 Å². The Kier molecular flexibility index (Phi) is 9.79. The van der Waals surface area contributed by atoms with Gasteiger partial charge in [0.25, 0.3) is 0 Å². The first-order valence-electron chi connectivity index (χ1n) is 28.5. The maximum Gasteiger partial charge on any atom is 0.135 e. The maximum atomic E-state index is 6.23. The van der Waals surface area contributed by atoms with Gasteiger partial charge < -0.3 is 18.3 Å². The van der Waals surface area contributed by atoms with Gasteiger partial charge in [0.1, 0.15) is 22.3 Å². The highest BCUT2D eigenvalue weighted by Crippen LogP contribution is 2.55.